The Morgan fingerprint density at radius 2 is 1.79 bits per heavy atom. The van der Waals surface area contributed by atoms with Gasteiger partial charge >= 0.3 is 6.03 Å². The second-order valence-corrected chi connectivity index (χ2v) is 9.94. The Labute approximate surface area is 206 Å². The molecule has 0 bridgehead atoms. The molecule has 1 fully saturated rings. The molecule has 34 heavy (non-hydrogen) atoms. The molecule has 2 N–H and O–H groups in total. The van der Waals surface area contributed by atoms with Gasteiger partial charge in [0.1, 0.15) is 17.4 Å². The number of carbonyl (C=O) groups is 1. The van der Waals surface area contributed by atoms with Crippen LogP contribution in [-0.2, 0) is 5.54 Å². The molecule has 1 aliphatic rings. The molecule has 5 heteroatoms. The molecule has 2 aromatic carbocycles. The number of unbranched alkanes of at least 4 members (excludes halogenated alkanes) is 1. The van der Waals surface area contributed by atoms with Crippen LogP contribution in [0.5, 0.6) is 5.75 Å². The predicted octanol–water partition coefficient (Wildman–Crippen LogP) is 5.96. The molecule has 0 aliphatic carbocycles. The summed E-state index contributed by atoms with van der Waals surface area (Å²) in [4.78, 5) is 16.0. The topological polar surface area (TPSA) is 53.6 Å². The van der Waals surface area contributed by atoms with E-state index in [9.17, 15) is 4.79 Å². The molecule has 5 nitrogen and oxygen atoms in total. The molecule has 1 aliphatic heterocycles. The van der Waals surface area contributed by atoms with E-state index in [1.54, 1.807) is 0 Å². The zero-order chi connectivity index (χ0) is 24.4. The summed E-state index contributed by atoms with van der Waals surface area (Å²) in [7, 11) is 1.94. The molecule has 2 amide bonds. The van der Waals surface area contributed by atoms with Gasteiger partial charge in [-0.05, 0) is 56.3 Å². The van der Waals surface area contributed by atoms with Crippen molar-refractivity contribution < 1.29 is 9.53 Å². The fraction of sp³-hybridized carbons (Fsp3) is 0.552. The number of hydrogen-bond donors (Lipinski definition) is 2. The van der Waals surface area contributed by atoms with Crippen molar-refractivity contribution in [1.82, 2.24) is 15.5 Å². The molecule has 3 atom stereocenters. The Hall–Kier alpha value is -2.53. The molecule has 3 rings (SSSR count). The number of nitrogens with zero attached hydrogens (tertiary/aromatic N) is 1. The number of carbonyl (C=O) groups excluding carboxylic acids is 1. The van der Waals surface area contributed by atoms with Gasteiger partial charge in [-0.3, -0.25) is 0 Å². The lowest BCUT2D eigenvalue weighted by molar-refractivity contribution is -0.0391. The van der Waals surface area contributed by atoms with Crippen LogP contribution in [0.2, 0.25) is 0 Å². The zero-order valence-corrected chi connectivity index (χ0v) is 21.4. The van der Waals surface area contributed by atoms with E-state index < -0.39 is 5.54 Å². The number of likely N-dealkylation sites (tertiary alicyclic amines) is 1. The molecule has 2 aromatic rings. The standard InChI is InChI=1S/C29H43N3O2/c1-5-6-19-29(24-14-9-7-10-15-24)27(34-26-16-11-8-12-17-26)18-13-20-32(29)28(33)31-25(22-30-4)21-23(2)3/h7-12,14-17,23,25,27,30H,5-6,13,18-22H2,1-4H3,(H,31,33)/t25-,27?,29?/m0/s1. The normalized spacial score (nSPS) is 21.3. The monoisotopic (exact) mass is 465 g/mol. The van der Waals surface area contributed by atoms with Crippen molar-refractivity contribution in [3.05, 3.63) is 66.2 Å². The van der Waals surface area contributed by atoms with Gasteiger partial charge in [0.2, 0.25) is 0 Å². The quantitative estimate of drug-likeness (QED) is 0.431. The summed E-state index contributed by atoms with van der Waals surface area (Å²) in [5.74, 6) is 1.37. The number of rotatable bonds is 11. The third-order valence-corrected chi connectivity index (χ3v) is 6.85. The van der Waals surface area contributed by atoms with Crippen molar-refractivity contribution in [3.63, 3.8) is 0 Å². The van der Waals surface area contributed by atoms with E-state index in [-0.39, 0.29) is 18.2 Å². The lowest BCUT2D eigenvalue weighted by Gasteiger charge is -2.52. The van der Waals surface area contributed by atoms with Crippen LogP contribution in [0.4, 0.5) is 4.79 Å². The lowest BCUT2D eigenvalue weighted by atomic mass is 9.74. The molecule has 2 unspecified atom stereocenters. The Morgan fingerprint density at radius 3 is 2.41 bits per heavy atom. The minimum atomic E-state index is -0.516. The predicted molar refractivity (Wildman–Crippen MR) is 140 cm³/mol. The number of hydrogen-bond acceptors (Lipinski definition) is 3. The van der Waals surface area contributed by atoms with Crippen LogP contribution in [0.15, 0.2) is 60.7 Å². The SMILES string of the molecule is CCCCC1(c2ccccc2)C(Oc2ccccc2)CCCN1C(=O)N[C@H](CNC)CC(C)C. The molecular weight excluding hydrogens is 422 g/mol. The fourth-order valence-electron chi connectivity index (χ4n) is 5.37. The van der Waals surface area contributed by atoms with Gasteiger partial charge in [-0.1, -0.05) is 82.1 Å². The number of para-hydroxylation sites is 1. The van der Waals surface area contributed by atoms with E-state index in [4.69, 9.17) is 4.74 Å². The van der Waals surface area contributed by atoms with Crippen molar-refractivity contribution in [2.24, 2.45) is 5.92 Å². The maximum absolute atomic E-state index is 13.9. The van der Waals surface area contributed by atoms with Crippen molar-refractivity contribution in [3.8, 4) is 5.75 Å². The van der Waals surface area contributed by atoms with Gasteiger partial charge < -0.3 is 20.3 Å². The summed E-state index contributed by atoms with van der Waals surface area (Å²) in [5.41, 5.74) is 0.644. The van der Waals surface area contributed by atoms with E-state index in [0.717, 1.165) is 62.9 Å². The van der Waals surface area contributed by atoms with Gasteiger partial charge in [0.25, 0.3) is 0 Å². The first kappa shape index (κ1) is 26.1. The first-order valence-corrected chi connectivity index (χ1v) is 13.0. The summed E-state index contributed by atoms with van der Waals surface area (Å²) in [6.07, 6.45) is 5.64. The van der Waals surface area contributed by atoms with Gasteiger partial charge in [-0.15, -0.1) is 0 Å². The van der Waals surface area contributed by atoms with Crippen LogP contribution < -0.4 is 15.4 Å². The van der Waals surface area contributed by atoms with Crippen molar-refractivity contribution >= 4 is 6.03 Å². The second kappa shape index (κ2) is 12.8. The lowest BCUT2D eigenvalue weighted by Crippen LogP contribution is -2.64. The molecule has 186 valence electrons. The summed E-state index contributed by atoms with van der Waals surface area (Å²) in [6.45, 7) is 8.11. The van der Waals surface area contributed by atoms with Crippen LogP contribution in [0, 0.1) is 5.92 Å². The summed E-state index contributed by atoms with van der Waals surface area (Å²) >= 11 is 0. The average Bonchev–Trinajstić information content (AvgIpc) is 2.84. The molecule has 0 aromatic heterocycles. The van der Waals surface area contributed by atoms with Crippen LogP contribution in [-0.4, -0.2) is 43.2 Å². The minimum absolute atomic E-state index is 0.0159. The summed E-state index contributed by atoms with van der Waals surface area (Å²) in [5, 5.41) is 6.62. The number of ether oxygens (including phenoxy) is 1. The second-order valence-electron chi connectivity index (χ2n) is 9.94. The Kier molecular flexibility index (Phi) is 9.82. The number of amides is 2. The maximum Gasteiger partial charge on any atom is 0.318 e. The number of benzene rings is 2. The largest absolute Gasteiger partial charge is 0.488 e. The molecule has 0 spiro atoms. The maximum atomic E-state index is 13.9. The highest BCUT2D eigenvalue weighted by molar-refractivity contribution is 5.76. The molecule has 1 saturated heterocycles. The first-order chi connectivity index (χ1) is 16.5. The van der Waals surface area contributed by atoms with Crippen molar-refractivity contribution in [1.29, 1.82) is 0 Å². The number of urea groups is 1. The summed E-state index contributed by atoms with van der Waals surface area (Å²) < 4.78 is 6.69. The first-order valence-electron chi connectivity index (χ1n) is 13.0. The van der Waals surface area contributed by atoms with E-state index in [2.05, 4.69) is 60.6 Å². The van der Waals surface area contributed by atoms with Crippen LogP contribution in [0.25, 0.3) is 0 Å². The average molecular weight is 466 g/mol. The number of likely N-dealkylation sites (N-methyl/N-ethyl adjacent to an activating group) is 1. The van der Waals surface area contributed by atoms with Gasteiger partial charge in [0, 0.05) is 19.1 Å². The molecule has 1 heterocycles. The van der Waals surface area contributed by atoms with Crippen molar-refractivity contribution in [2.45, 2.75) is 77.0 Å². The van der Waals surface area contributed by atoms with E-state index in [1.807, 2.05) is 43.4 Å². The third-order valence-electron chi connectivity index (χ3n) is 6.85. The Bertz CT molecular complexity index is 858. The number of piperidine rings is 1. The smallest absolute Gasteiger partial charge is 0.318 e. The van der Waals surface area contributed by atoms with E-state index >= 15 is 0 Å². The van der Waals surface area contributed by atoms with Gasteiger partial charge in [-0.2, -0.15) is 0 Å². The van der Waals surface area contributed by atoms with Crippen LogP contribution in [0.3, 0.4) is 0 Å². The Balaban J connectivity index is 2.01. The van der Waals surface area contributed by atoms with Gasteiger partial charge in [0.05, 0.1) is 0 Å². The van der Waals surface area contributed by atoms with Crippen LogP contribution in [0.1, 0.15) is 64.9 Å². The molecular formula is C29H43N3O2. The highest BCUT2D eigenvalue weighted by Gasteiger charge is 2.51. The van der Waals surface area contributed by atoms with Gasteiger partial charge in [0.15, 0.2) is 0 Å². The highest BCUT2D eigenvalue weighted by atomic mass is 16.5. The fourth-order valence-corrected chi connectivity index (χ4v) is 5.37. The Morgan fingerprint density at radius 1 is 1.12 bits per heavy atom. The third kappa shape index (κ3) is 6.32. The zero-order valence-electron chi connectivity index (χ0n) is 21.4. The van der Waals surface area contributed by atoms with E-state index in [1.165, 1.54) is 0 Å². The molecule has 0 saturated carbocycles. The van der Waals surface area contributed by atoms with Crippen LogP contribution >= 0.6 is 0 Å². The molecule has 0 radical (unpaired) electrons. The minimum Gasteiger partial charge on any atom is -0.488 e. The number of nitrogens with one attached hydrogen (secondary N) is 2. The van der Waals surface area contributed by atoms with E-state index in [0.29, 0.717) is 5.92 Å². The summed E-state index contributed by atoms with van der Waals surface area (Å²) in [6, 6.07) is 20.7. The van der Waals surface area contributed by atoms with Gasteiger partial charge in [-0.25, -0.2) is 4.79 Å². The highest BCUT2D eigenvalue weighted by Crippen LogP contribution is 2.44. The van der Waals surface area contributed by atoms with Crippen molar-refractivity contribution in [2.75, 3.05) is 20.1 Å².